The summed E-state index contributed by atoms with van der Waals surface area (Å²) in [4.78, 5) is 8.35. The molecule has 0 fully saturated rings. The SMILES string of the molecule is CO.[Cu+2].[O-][Cl+3]([O-])([O-])[O-].[O-]c1ccc(Br)cc1C=NCc1ccccn1. The number of aliphatic hydroxyl groups excluding tert-OH is 1. The van der Waals surface area contributed by atoms with Crippen molar-refractivity contribution in [3.8, 4) is 5.75 Å². The molecule has 1 N–H and O–H groups in total. The number of hydrogen-bond donors (Lipinski definition) is 1. The van der Waals surface area contributed by atoms with Crippen LogP contribution in [-0.2, 0) is 23.6 Å². The van der Waals surface area contributed by atoms with E-state index in [1.54, 1.807) is 24.5 Å². The fraction of sp³-hybridized carbons (Fsp3) is 0.143. The first-order valence-electron chi connectivity index (χ1n) is 6.18. The molecular weight excluding hydrogens is 471 g/mol. The summed E-state index contributed by atoms with van der Waals surface area (Å²) >= 11 is 3.32. The Bertz CT molecular complexity index is 622. The number of aromatic nitrogens is 1. The minimum atomic E-state index is -4.94. The van der Waals surface area contributed by atoms with Crippen LogP contribution in [0.2, 0.25) is 0 Å². The zero-order chi connectivity index (χ0) is 18.6. The van der Waals surface area contributed by atoms with E-state index < -0.39 is 10.2 Å². The molecule has 2 aromatic rings. The van der Waals surface area contributed by atoms with Crippen LogP contribution in [0.4, 0.5) is 0 Å². The Morgan fingerprint density at radius 2 is 1.76 bits per heavy atom. The van der Waals surface area contributed by atoms with E-state index in [0.717, 1.165) is 17.3 Å². The molecule has 141 valence electrons. The summed E-state index contributed by atoms with van der Waals surface area (Å²) in [6.07, 6.45) is 3.31. The number of aliphatic hydroxyl groups is 1. The van der Waals surface area contributed by atoms with E-state index in [9.17, 15) is 5.11 Å². The predicted molar refractivity (Wildman–Crippen MR) is 77.3 cm³/mol. The fourth-order valence-corrected chi connectivity index (χ4v) is 1.73. The van der Waals surface area contributed by atoms with Crippen molar-refractivity contribution in [1.82, 2.24) is 4.98 Å². The predicted octanol–water partition coefficient (Wildman–Crippen LogP) is -2.61. The average Bonchev–Trinajstić information content (AvgIpc) is 2.52. The zero-order valence-corrected chi connectivity index (χ0v) is 16.0. The number of rotatable bonds is 3. The molecule has 1 aromatic carbocycles. The van der Waals surface area contributed by atoms with E-state index in [0.29, 0.717) is 12.1 Å². The molecule has 1 heterocycles. The second-order valence-corrected chi connectivity index (χ2v) is 5.52. The molecule has 25 heavy (non-hydrogen) atoms. The molecule has 0 unspecified atom stereocenters. The number of benzene rings is 1. The third-order valence-electron chi connectivity index (χ3n) is 2.18. The summed E-state index contributed by atoms with van der Waals surface area (Å²) in [5, 5.41) is 18.5. The molecule has 0 aliphatic carbocycles. The maximum Gasteiger partial charge on any atom is 2.00 e. The fourth-order valence-electron chi connectivity index (χ4n) is 1.35. The summed E-state index contributed by atoms with van der Waals surface area (Å²) in [6.45, 7) is 0.479. The van der Waals surface area contributed by atoms with Crippen LogP contribution in [0.1, 0.15) is 11.3 Å². The van der Waals surface area contributed by atoms with Crippen molar-refractivity contribution in [3.63, 3.8) is 0 Å². The van der Waals surface area contributed by atoms with Gasteiger partial charge in [-0.25, -0.2) is 18.6 Å². The van der Waals surface area contributed by atoms with Crippen molar-refractivity contribution in [1.29, 1.82) is 0 Å². The first-order valence-corrected chi connectivity index (χ1v) is 8.21. The van der Waals surface area contributed by atoms with Crippen molar-refractivity contribution in [2.75, 3.05) is 7.11 Å². The molecule has 0 aliphatic rings. The Kier molecular flexibility index (Phi) is 14.8. The molecule has 1 aromatic heterocycles. The smallest absolute Gasteiger partial charge is 0.872 e. The van der Waals surface area contributed by atoms with Crippen molar-refractivity contribution >= 4 is 22.1 Å². The Labute approximate surface area is 165 Å². The van der Waals surface area contributed by atoms with Gasteiger partial charge in [-0.2, -0.15) is 0 Å². The molecule has 0 spiro atoms. The van der Waals surface area contributed by atoms with Gasteiger partial charge in [0.2, 0.25) is 0 Å². The number of hydrogen-bond acceptors (Lipinski definition) is 8. The standard InChI is InChI=1S/C13H11BrN2O.CH4O.ClHO4.Cu/c14-11-4-5-13(17)10(7-11)8-15-9-12-3-1-2-6-16-12;1-2;2-1(3,4)5;/h1-8,17H,9H2;2H,1H3;(H,2,3,4,5);/q;;;+2/p-2. The van der Waals surface area contributed by atoms with Gasteiger partial charge in [-0.15, -0.1) is 10.2 Å². The molecule has 0 amide bonds. The number of pyridine rings is 1. The average molecular weight is 485 g/mol. The van der Waals surface area contributed by atoms with Gasteiger partial charge < -0.3 is 10.2 Å². The summed E-state index contributed by atoms with van der Waals surface area (Å²) in [5.74, 6) is -0.0297. The van der Waals surface area contributed by atoms with Crippen LogP contribution in [0.3, 0.4) is 0 Å². The Balaban J connectivity index is 0. The Morgan fingerprint density at radius 3 is 2.28 bits per heavy atom. The van der Waals surface area contributed by atoms with Gasteiger partial charge in [0.25, 0.3) is 0 Å². The molecule has 2 rings (SSSR count). The van der Waals surface area contributed by atoms with E-state index in [4.69, 9.17) is 23.7 Å². The van der Waals surface area contributed by atoms with Crippen molar-refractivity contribution in [2.45, 2.75) is 6.54 Å². The van der Waals surface area contributed by atoms with E-state index in [1.165, 1.54) is 6.07 Å². The monoisotopic (exact) mass is 483 g/mol. The first kappa shape index (κ1) is 26.2. The maximum absolute atomic E-state index is 11.5. The largest absolute Gasteiger partial charge is 2.00 e. The van der Waals surface area contributed by atoms with Gasteiger partial charge in [0, 0.05) is 24.0 Å². The topological polar surface area (TPSA) is 161 Å². The van der Waals surface area contributed by atoms with E-state index in [-0.39, 0.29) is 22.8 Å². The molecular formula is C14H14BrClCuN2O6. The molecule has 0 saturated heterocycles. The van der Waals surface area contributed by atoms with Gasteiger partial charge in [0.15, 0.2) is 0 Å². The second kappa shape index (κ2) is 14.1. The quantitative estimate of drug-likeness (QED) is 0.368. The second-order valence-electron chi connectivity index (χ2n) is 3.85. The Hall–Kier alpha value is -1.07. The third kappa shape index (κ3) is 14.9. The van der Waals surface area contributed by atoms with E-state index in [1.807, 2.05) is 18.2 Å². The van der Waals surface area contributed by atoms with Crippen LogP contribution in [0.5, 0.6) is 5.75 Å². The van der Waals surface area contributed by atoms with Crippen LogP contribution in [0.15, 0.2) is 52.1 Å². The van der Waals surface area contributed by atoms with Gasteiger partial charge >= 0.3 is 17.1 Å². The molecule has 0 aliphatic heterocycles. The van der Waals surface area contributed by atoms with Crippen molar-refractivity contribution in [2.24, 2.45) is 4.99 Å². The zero-order valence-electron chi connectivity index (χ0n) is 12.8. The summed E-state index contributed by atoms with van der Waals surface area (Å²) < 4.78 is 34.8. The summed E-state index contributed by atoms with van der Waals surface area (Å²) in [5.41, 5.74) is 1.46. The van der Waals surface area contributed by atoms with Crippen LogP contribution in [-0.4, -0.2) is 23.4 Å². The first-order chi connectivity index (χ1) is 11.3. The van der Waals surface area contributed by atoms with Gasteiger partial charge in [-0.3, -0.25) is 9.98 Å². The van der Waals surface area contributed by atoms with Crippen LogP contribution in [0, 0.1) is 10.2 Å². The number of aliphatic imine (C=N–C) groups is 1. The molecule has 0 saturated carbocycles. The van der Waals surface area contributed by atoms with Gasteiger partial charge in [0.05, 0.1) is 12.2 Å². The van der Waals surface area contributed by atoms with E-state index in [2.05, 4.69) is 25.9 Å². The molecule has 1 radical (unpaired) electrons. The maximum atomic E-state index is 11.5. The Morgan fingerprint density at radius 1 is 1.16 bits per heavy atom. The van der Waals surface area contributed by atoms with Crippen LogP contribution >= 0.6 is 15.9 Å². The van der Waals surface area contributed by atoms with Crippen LogP contribution < -0.4 is 23.7 Å². The number of nitrogens with zero attached hydrogens (tertiary/aromatic N) is 2. The summed E-state index contributed by atoms with van der Waals surface area (Å²) in [7, 11) is -3.94. The van der Waals surface area contributed by atoms with E-state index >= 15 is 0 Å². The van der Waals surface area contributed by atoms with Crippen LogP contribution in [0.25, 0.3) is 0 Å². The molecule has 0 bridgehead atoms. The summed E-state index contributed by atoms with van der Waals surface area (Å²) in [6, 6.07) is 10.7. The molecule has 0 atom stereocenters. The van der Waals surface area contributed by atoms with Gasteiger partial charge in [-0.1, -0.05) is 33.8 Å². The van der Waals surface area contributed by atoms with Gasteiger partial charge in [0.1, 0.15) is 0 Å². The normalized spacial score (nSPS) is 10.0. The molecule has 8 nitrogen and oxygen atoms in total. The minimum absolute atomic E-state index is 0. The molecule has 11 heteroatoms. The third-order valence-corrected chi connectivity index (χ3v) is 2.67. The number of halogens is 2. The van der Waals surface area contributed by atoms with Crippen molar-refractivity contribution < 1.29 is 56.2 Å². The van der Waals surface area contributed by atoms with Crippen molar-refractivity contribution in [3.05, 3.63) is 58.3 Å². The van der Waals surface area contributed by atoms with Gasteiger partial charge in [-0.05, 0) is 29.8 Å². The minimum Gasteiger partial charge on any atom is -0.872 e.